The average Bonchev–Trinajstić information content (AvgIpc) is 3.01. The molecule has 0 bridgehead atoms. The molecule has 1 aromatic rings. The fraction of sp³-hybridized carbons (Fsp3) is 0.556. The summed E-state index contributed by atoms with van der Waals surface area (Å²) in [6.45, 7) is 0. The molecular formula is C9H9F3N4O2S. The Morgan fingerprint density at radius 3 is 2.32 bits per heavy atom. The molecule has 0 aliphatic heterocycles. The van der Waals surface area contributed by atoms with Crippen LogP contribution in [0.2, 0.25) is 0 Å². The first-order valence-electron chi connectivity index (χ1n) is 5.24. The monoisotopic (exact) mass is 294 g/mol. The summed E-state index contributed by atoms with van der Waals surface area (Å²) in [5.41, 5.74) is -1.18. The molecule has 0 spiro atoms. The third kappa shape index (κ3) is 2.53. The molecular weight excluding hydrogens is 285 g/mol. The molecule has 2 rings (SSSR count). The van der Waals surface area contributed by atoms with Crippen LogP contribution in [0.15, 0.2) is 0 Å². The topological polar surface area (TPSA) is 84.0 Å². The first-order valence-corrected chi connectivity index (χ1v) is 6.05. The minimum absolute atomic E-state index is 0.220. The SMILES string of the molecule is CNC(=O)C1(C(=O)Nc2nnc(C(F)(F)F)s2)CC1. The quantitative estimate of drug-likeness (QED) is 0.815. The maximum absolute atomic E-state index is 12.3. The van der Waals surface area contributed by atoms with Gasteiger partial charge in [0.25, 0.3) is 0 Å². The molecule has 1 heterocycles. The summed E-state index contributed by atoms with van der Waals surface area (Å²) in [5.74, 6) is -1.11. The smallest absolute Gasteiger partial charge is 0.358 e. The Morgan fingerprint density at radius 1 is 1.26 bits per heavy atom. The molecule has 1 aromatic heterocycles. The van der Waals surface area contributed by atoms with Gasteiger partial charge in [-0.2, -0.15) is 13.2 Å². The number of nitrogens with zero attached hydrogens (tertiary/aromatic N) is 2. The van der Waals surface area contributed by atoms with Crippen LogP contribution in [0.4, 0.5) is 18.3 Å². The van der Waals surface area contributed by atoms with Crippen molar-refractivity contribution in [2.24, 2.45) is 5.41 Å². The van der Waals surface area contributed by atoms with Gasteiger partial charge >= 0.3 is 6.18 Å². The zero-order valence-electron chi connectivity index (χ0n) is 9.67. The molecule has 6 nitrogen and oxygen atoms in total. The number of aromatic nitrogens is 2. The Kier molecular flexibility index (Phi) is 3.20. The molecule has 0 atom stereocenters. The normalized spacial score (nSPS) is 16.8. The maximum Gasteiger partial charge on any atom is 0.445 e. The molecule has 0 unspecified atom stereocenters. The standard InChI is InChI=1S/C9H9F3N4O2S/c1-13-4(17)8(2-3-8)5(18)14-7-16-15-6(19-7)9(10,11)12/h2-3H2,1H3,(H,13,17)(H,14,16,18). The predicted octanol–water partition coefficient (Wildman–Crippen LogP) is 1.02. The lowest BCUT2D eigenvalue weighted by atomic mass is 10.1. The van der Waals surface area contributed by atoms with Crippen molar-refractivity contribution in [1.82, 2.24) is 15.5 Å². The zero-order chi connectivity index (χ0) is 14.3. The van der Waals surface area contributed by atoms with Crippen molar-refractivity contribution in [3.63, 3.8) is 0 Å². The van der Waals surface area contributed by atoms with Crippen LogP contribution in [-0.4, -0.2) is 29.1 Å². The van der Waals surface area contributed by atoms with Crippen LogP contribution in [0.3, 0.4) is 0 Å². The molecule has 19 heavy (non-hydrogen) atoms. The van der Waals surface area contributed by atoms with Crippen LogP contribution in [0.1, 0.15) is 17.8 Å². The molecule has 104 valence electrons. The van der Waals surface area contributed by atoms with Crippen molar-refractivity contribution in [1.29, 1.82) is 0 Å². The van der Waals surface area contributed by atoms with E-state index in [0.29, 0.717) is 12.8 Å². The van der Waals surface area contributed by atoms with E-state index in [1.54, 1.807) is 0 Å². The summed E-state index contributed by atoms with van der Waals surface area (Å²) in [6.07, 6.45) is -3.87. The molecule has 1 fully saturated rings. The third-order valence-electron chi connectivity index (χ3n) is 2.73. The number of carbonyl (C=O) groups is 2. The molecule has 1 saturated carbocycles. The molecule has 1 aliphatic rings. The number of amides is 2. The molecule has 1 aliphatic carbocycles. The Morgan fingerprint density at radius 2 is 1.89 bits per heavy atom. The second-order valence-electron chi connectivity index (χ2n) is 4.03. The molecule has 2 amide bonds. The summed E-state index contributed by atoms with van der Waals surface area (Å²) >= 11 is 0.220. The number of carbonyl (C=O) groups excluding carboxylic acids is 2. The highest BCUT2D eigenvalue weighted by molar-refractivity contribution is 7.15. The highest BCUT2D eigenvalue weighted by Crippen LogP contribution is 2.47. The van der Waals surface area contributed by atoms with E-state index in [9.17, 15) is 22.8 Å². The predicted molar refractivity (Wildman–Crippen MR) is 59.3 cm³/mol. The lowest BCUT2D eigenvalue weighted by Crippen LogP contribution is -2.38. The molecule has 0 saturated heterocycles. The van der Waals surface area contributed by atoms with Gasteiger partial charge in [-0.15, -0.1) is 10.2 Å². The summed E-state index contributed by atoms with van der Waals surface area (Å²) in [4.78, 5) is 23.3. The Hall–Kier alpha value is -1.71. The second kappa shape index (κ2) is 4.44. The zero-order valence-corrected chi connectivity index (χ0v) is 10.5. The summed E-state index contributed by atoms with van der Waals surface area (Å²) < 4.78 is 36.9. The molecule has 10 heteroatoms. The largest absolute Gasteiger partial charge is 0.445 e. The van der Waals surface area contributed by atoms with E-state index in [4.69, 9.17) is 0 Å². The first kappa shape index (κ1) is 13.7. The van der Waals surface area contributed by atoms with Crippen molar-refractivity contribution < 1.29 is 22.8 Å². The van der Waals surface area contributed by atoms with Crippen LogP contribution in [-0.2, 0) is 15.8 Å². The van der Waals surface area contributed by atoms with Crippen LogP contribution < -0.4 is 10.6 Å². The summed E-state index contributed by atoms with van der Waals surface area (Å²) in [6, 6.07) is 0. The van der Waals surface area contributed by atoms with Crippen molar-refractivity contribution >= 4 is 28.3 Å². The van der Waals surface area contributed by atoms with Gasteiger partial charge in [0.1, 0.15) is 5.41 Å². The molecule has 0 radical (unpaired) electrons. The van der Waals surface area contributed by atoms with Crippen LogP contribution >= 0.6 is 11.3 Å². The fourth-order valence-corrected chi connectivity index (χ4v) is 2.13. The maximum atomic E-state index is 12.3. The van der Waals surface area contributed by atoms with E-state index < -0.39 is 28.4 Å². The number of halogens is 3. The second-order valence-corrected chi connectivity index (χ2v) is 5.00. The Balaban J connectivity index is 2.08. The van der Waals surface area contributed by atoms with Gasteiger partial charge in [0.05, 0.1) is 0 Å². The number of hydrogen-bond acceptors (Lipinski definition) is 5. The third-order valence-corrected chi connectivity index (χ3v) is 3.62. The fourth-order valence-electron chi connectivity index (χ4n) is 1.53. The highest BCUT2D eigenvalue weighted by atomic mass is 32.1. The van der Waals surface area contributed by atoms with Crippen LogP contribution in [0.5, 0.6) is 0 Å². The number of alkyl halides is 3. The number of hydrogen-bond donors (Lipinski definition) is 2. The van der Waals surface area contributed by atoms with Gasteiger partial charge in [0.15, 0.2) is 0 Å². The van der Waals surface area contributed by atoms with Crippen molar-refractivity contribution in [3.05, 3.63) is 5.01 Å². The van der Waals surface area contributed by atoms with Crippen molar-refractivity contribution in [2.45, 2.75) is 19.0 Å². The van der Waals surface area contributed by atoms with E-state index in [2.05, 4.69) is 20.8 Å². The number of anilines is 1. The van der Waals surface area contributed by atoms with E-state index in [1.807, 2.05) is 0 Å². The minimum atomic E-state index is -4.60. The van der Waals surface area contributed by atoms with Gasteiger partial charge in [0, 0.05) is 7.05 Å². The lowest BCUT2D eigenvalue weighted by molar-refractivity contribution is -0.138. The average molecular weight is 294 g/mol. The van der Waals surface area contributed by atoms with Crippen LogP contribution in [0, 0.1) is 5.41 Å². The van der Waals surface area contributed by atoms with Gasteiger partial charge in [-0.25, -0.2) is 0 Å². The van der Waals surface area contributed by atoms with Gasteiger partial charge in [-0.3, -0.25) is 14.9 Å². The van der Waals surface area contributed by atoms with Gasteiger partial charge in [-0.05, 0) is 12.8 Å². The van der Waals surface area contributed by atoms with E-state index in [1.165, 1.54) is 7.05 Å². The lowest BCUT2D eigenvalue weighted by Gasteiger charge is -2.11. The van der Waals surface area contributed by atoms with Crippen molar-refractivity contribution in [2.75, 3.05) is 12.4 Å². The van der Waals surface area contributed by atoms with Gasteiger partial charge in [-0.1, -0.05) is 11.3 Å². The Labute approximate surface area is 109 Å². The summed E-state index contributed by atoms with van der Waals surface area (Å²) in [7, 11) is 1.39. The Bertz CT molecular complexity index is 524. The number of rotatable bonds is 3. The van der Waals surface area contributed by atoms with Gasteiger partial charge in [0.2, 0.25) is 22.0 Å². The van der Waals surface area contributed by atoms with Gasteiger partial charge < -0.3 is 5.32 Å². The van der Waals surface area contributed by atoms with E-state index >= 15 is 0 Å². The molecule has 2 N–H and O–H groups in total. The first-order chi connectivity index (χ1) is 8.79. The number of nitrogens with one attached hydrogen (secondary N) is 2. The van der Waals surface area contributed by atoms with Crippen LogP contribution in [0.25, 0.3) is 0 Å². The van der Waals surface area contributed by atoms with E-state index in [-0.39, 0.29) is 16.5 Å². The highest BCUT2D eigenvalue weighted by Gasteiger charge is 2.56. The minimum Gasteiger partial charge on any atom is -0.358 e. The summed E-state index contributed by atoms with van der Waals surface area (Å²) in [5, 5.41) is 9.30. The van der Waals surface area contributed by atoms with Crippen molar-refractivity contribution in [3.8, 4) is 0 Å². The molecule has 0 aromatic carbocycles. The van der Waals surface area contributed by atoms with E-state index in [0.717, 1.165) is 0 Å².